The molecule has 0 aliphatic carbocycles. The summed E-state index contributed by atoms with van der Waals surface area (Å²) < 4.78 is 10.6. The summed E-state index contributed by atoms with van der Waals surface area (Å²) in [4.78, 5) is 0. The number of rotatable bonds is 3. The molecule has 0 bridgehead atoms. The molecule has 0 spiro atoms. The maximum Gasteiger partial charge on any atom is 0.139 e. The van der Waals surface area contributed by atoms with Crippen molar-refractivity contribution in [3.05, 3.63) is 17.5 Å². The second-order valence-corrected chi connectivity index (χ2v) is 3.33. The molecule has 0 amide bonds. The summed E-state index contributed by atoms with van der Waals surface area (Å²) in [6.45, 7) is 1.32. The van der Waals surface area contributed by atoms with E-state index in [0.29, 0.717) is 12.6 Å². The van der Waals surface area contributed by atoms with Crippen LogP contribution in [-0.4, -0.2) is 17.9 Å². The highest BCUT2D eigenvalue weighted by molar-refractivity contribution is 5.06. The van der Waals surface area contributed by atoms with Gasteiger partial charge in [0.1, 0.15) is 5.76 Å². The molecule has 4 nitrogen and oxygen atoms in total. The van der Waals surface area contributed by atoms with Gasteiger partial charge < -0.3 is 15.0 Å². The molecule has 2 heterocycles. The van der Waals surface area contributed by atoms with Crippen LogP contribution < -0.4 is 5.73 Å². The zero-order chi connectivity index (χ0) is 9.10. The summed E-state index contributed by atoms with van der Waals surface area (Å²) in [5.41, 5.74) is 6.23. The fraction of sp³-hybridized carbons (Fsp3) is 0.667. The third-order valence-corrected chi connectivity index (χ3v) is 2.27. The Morgan fingerprint density at radius 2 is 2.54 bits per heavy atom. The Bertz CT molecular complexity index is 266. The van der Waals surface area contributed by atoms with Gasteiger partial charge in [-0.3, -0.25) is 0 Å². The summed E-state index contributed by atoms with van der Waals surface area (Å²) in [6, 6.07) is 1.90. The van der Waals surface area contributed by atoms with Gasteiger partial charge in [0.15, 0.2) is 0 Å². The first-order valence-electron chi connectivity index (χ1n) is 4.64. The van der Waals surface area contributed by atoms with E-state index in [2.05, 4.69) is 5.16 Å². The molecule has 1 unspecified atom stereocenters. The molecule has 2 N–H and O–H groups in total. The van der Waals surface area contributed by atoms with E-state index in [1.165, 1.54) is 0 Å². The third-order valence-electron chi connectivity index (χ3n) is 2.27. The van der Waals surface area contributed by atoms with Gasteiger partial charge in [0.05, 0.1) is 11.8 Å². The average Bonchev–Trinajstić information content (AvgIpc) is 2.76. The van der Waals surface area contributed by atoms with Gasteiger partial charge >= 0.3 is 0 Å². The summed E-state index contributed by atoms with van der Waals surface area (Å²) in [6.07, 6.45) is 3.42. The minimum atomic E-state index is 0.318. The normalized spacial score (nSPS) is 22.4. The lowest BCUT2D eigenvalue weighted by Gasteiger charge is -2.04. The van der Waals surface area contributed by atoms with E-state index < -0.39 is 0 Å². The van der Waals surface area contributed by atoms with E-state index in [1.807, 2.05) is 6.07 Å². The number of ether oxygens (including phenoxy) is 1. The molecule has 1 aromatic rings. The number of hydrogen-bond acceptors (Lipinski definition) is 4. The standard InChI is InChI=1S/C9H14N2O2/c10-6-7-4-9(13-11-7)5-8-2-1-3-12-8/h4,8H,1-3,5-6,10H2. The smallest absolute Gasteiger partial charge is 0.139 e. The van der Waals surface area contributed by atoms with E-state index in [1.54, 1.807) is 0 Å². The van der Waals surface area contributed by atoms with Gasteiger partial charge in [-0.2, -0.15) is 0 Å². The lowest BCUT2D eigenvalue weighted by atomic mass is 10.1. The Labute approximate surface area is 77.0 Å². The molecule has 1 saturated heterocycles. The van der Waals surface area contributed by atoms with E-state index in [-0.39, 0.29) is 0 Å². The number of hydrogen-bond donors (Lipinski definition) is 1. The zero-order valence-electron chi connectivity index (χ0n) is 7.53. The summed E-state index contributed by atoms with van der Waals surface area (Å²) in [5, 5.41) is 3.82. The van der Waals surface area contributed by atoms with Crippen molar-refractivity contribution < 1.29 is 9.26 Å². The molecule has 72 valence electrons. The first-order valence-corrected chi connectivity index (χ1v) is 4.64. The second kappa shape index (κ2) is 3.89. The van der Waals surface area contributed by atoms with Crippen molar-refractivity contribution in [2.75, 3.05) is 6.61 Å². The quantitative estimate of drug-likeness (QED) is 0.753. The van der Waals surface area contributed by atoms with Crippen molar-refractivity contribution >= 4 is 0 Å². The van der Waals surface area contributed by atoms with Crippen molar-refractivity contribution in [3.63, 3.8) is 0 Å². The highest BCUT2D eigenvalue weighted by Crippen LogP contribution is 2.17. The van der Waals surface area contributed by atoms with Gasteiger partial charge in [-0.1, -0.05) is 5.16 Å². The largest absolute Gasteiger partial charge is 0.378 e. The molecule has 0 saturated carbocycles. The average molecular weight is 182 g/mol. The summed E-state index contributed by atoms with van der Waals surface area (Å²) in [5.74, 6) is 0.882. The van der Waals surface area contributed by atoms with Crippen LogP contribution in [0.4, 0.5) is 0 Å². The highest BCUT2D eigenvalue weighted by Gasteiger charge is 2.17. The Kier molecular flexibility index (Phi) is 2.61. The second-order valence-electron chi connectivity index (χ2n) is 3.33. The van der Waals surface area contributed by atoms with E-state index in [0.717, 1.165) is 37.3 Å². The Morgan fingerprint density at radius 1 is 1.62 bits per heavy atom. The fourth-order valence-electron chi connectivity index (χ4n) is 1.58. The maximum absolute atomic E-state index is 5.48. The predicted octanol–water partition coefficient (Wildman–Crippen LogP) is 0.855. The molecule has 1 atom stereocenters. The van der Waals surface area contributed by atoms with Crippen molar-refractivity contribution in [2.24, 2.45) is 5.73 Å². The van der Waals surface area contributed by atoms with Crippen molar-refractivity contribution in [1.82, 2.24) is 5.16 Å². The summed E-state index contributed by atoms with van der Waals surface area (Å²) >= 11 is 0. The van der Waals surface area contributed by atoms with Crippen LogP contribution in [-0.2, 0) is 17.7 Å². The van der Waals surface area contributed by atoms with Crippen LogP contribution in [0.1, 0.15) is 24.3 Å². The van der Waals surface area contributed by atoms with Crippen molar-refractivity contribution in [2.45, 2.75) is 31.9 Å². The first kappa shape index (κ1) is 8.72. The Balaban J connectivity index is 1.92. The minimum Gasteiger partial charge on any atom is -0.378 e. The molecule has 1 aromatic heterocycles. The lowest BCUT2D eigenvalue weighted by Crippen LogP contribution is -2.07. The van der Waals surface area contributed by atoms with Gasteiger partial charge in [-0.15, -0.1) is 0 Å². The monoisotopic (exact) mass is 182 g/mol. The summed E-state index contributed by atoms with van der Waals surface area (Å²) in [7, 11) is 0. The van der Waals surface area contributed by atoms with Crippen LogP contribution >= 0.6 is 0 Å². The molecule has 2 rings (SSSR count). The Hall–Kier alpha value is -0.870. The van der Waals surface area contributed by atoms with E-state index >= 15 is 0 Å². The minimum absolute atomic E-state index is 0.318. The number of nitrogens with zero attached hydrogens (tertiary/aromatic N) is 1. The maximum atomic E-state index is 5.48. The van der Waals surface area contributed by atoms with Crippen LogP contribution in [0.15, 0.2) is 10.6 Å². The van der Waals surface area contributed by atoms with Crippen molar-refractivity contribution in [1.29, 1.82) is 0 Å². The van der Waals surface area contributed by atoms with Gasteiger partial charge in [0.2, 0.25) is 0 Å². The van der Waals surface area contributed by atoms with Crippen LogP contribution in [0.5, 0.6) is 0 Å². The SMILES string of the molecule is NCc1cc(CC2CCCO2)on1. The molecule has 1 aliphatic heterocycles. The van der Waals surface area contributed by atoms with Crippen LogP contribution in [0.2, 0.25) is 0 Å². The van der Waals surface area contributed by atoms with E-state index in [9.17, 15) is 0 Å². The highest BCUT2D eigenvalue weighted by atomic mass is 16.5. The molecule has 1 fully saturated rings. The van der Waals surface area contributed by atoms with Gasteiger partial charge in [0, 0.05) is 25.6 Å². The first-order chi connectivity index (χ1) is 6.38. The van der Waals surface area contributed by atoms with Crippen LogP contribution in [0.25, 0.3) is 0 Å². The molecule has 13 heavy (non-hydrogen) atoms. The zero-order valence-corrected chi connectivity index (χ0v) is 7.53. The van der Waals surface area contributed by atoms with Gasteiger partial charge in [-0.05, 0) is 12.8 Å². The topological polar surface area (TPSA) is 61.3 Å². The van der Waals surface area contributed by atoms with Gasteiger partial charge in [0.25, 0.3) is 0 Å². The molecule has 4 heteroatoms. The molecule has 0 aromatic carbocycles. The van der Waals surface area contributed by atoms with Crippen LogP contribution in [0.3, 0.4) is 0 Å². The molecule has 0 radical (unpaired) electrons. The molecule has 1 aliphatic rings. The van der Waals surface area contributed by atoms with E-state index in [4.69, 9.17) is 15.0 Å². The van der Waals surface area contributed by atoms with Gasteiger partial charge in [-0.25, -0.2) is 0 Å². The predicted molar refractivity (Wildman–Crippen MR) is 47.1 cm³/mol. The molecular formula is C9H14N2O2. The number of nitrogens with two attached hydrogens (primary N) is 1. The van der Waals surface area contributed by atoms with Crippen LogP contribution in [0, 0.1) is 0 Å². The lowest BCUT2D eigenvalue weighted by molar-refractivity contribution is 0.105. The third kappa shape index (κ3) is 2.08. The van der Waals surface area contributed by atoms with Crippen molar-refractivity contribution in [3.8, 4) is 0 Å². The number of aromatic nitrogens is 1. The molecular weight excluding hydrogens is 168 g/mol. The Morgan fingerprint density at radius 3 is 3.15 bits per heavy atom. The fourth-order valence-corrected chi connectivity index (χ4v) is 1.58.